The van der Waals surface area contributed by atoms with Crippen LogP contribution in [0.4, 0.5) is 4.39 Å². The first-order chi connectivity index (χ1) is 9.88. The molecule has 0 saturated carbocycles. The molecule has 2 aromatic rings. The lowest BCUT2D eigenvalue weighted by atomic mass is 10.3. The van der Waals surface area contributed by atoms with Crippen LogP contribution in [0.25, 0.3) is 0 Å². The van der Waals surface area contributed by atoms with E-state index in [1.165, 1.54) is 17.4 Å². The van der Waals surface area contributed by atoms with Crippen molar-refractivity contribution in [2.24, 2.45) is 0 Å². The van der Waals surface area contributed by atoms with E-state index >= 15 is 0 Å². The first-order valence-electron chi connectivity index (χ1n) is 5.41. The van der Waals surface area contributed by atoms with Crippen molar-refractivity contribution in [1.29, 1.82) is 0 Å². The summed E-state index contributed by atoms with van der Waals surface area (Å²) < 4.78 is 39.8. The van der Waals surface area contributed by atoms with Crippen molar-refractivity contribution in [3.05, 3.63) is 40.6 Å². The second-order valence-electron chi connectivity index (χ2n) is 3.69. The van der Waals surface area contributed by atoms with Crippen molar-refractivity contribution in [2.45, 2.75) is 9.24 Å². The van der Waals surface area contributed by atoms with Crippen LogP contribution in [0.15, 0.2) is 39.0 Å². The van der Waals surface area contributed by atoms with Gasteiger partial charge in [-0.3, -0.25) is 4.79 Å². The van der Waals surface area contributed by atoms with Gasteiger partial charge in [-0.25, -0.2) is 22.5 Å². The minimum absolute atomic E-state index is 0.0568. The zero-order valence-corrected chi connectivity index (χ0v) is 13.5. The maximum atomic E-state index is 13.5. The van der Waals surface area contributed by atoms with Crippen LogP contribution in [0.2, 0.25) is 5.02 Å². The number of hydrogen-bond acceptors (Lipinski definition) is 6. The second kappa shape index (κ2) is 6.73. The fourth-order valence-electron chi connectivity index (χ4n) is 1.33. The van der Waals surface area contributed by atoms with Gasteiger partial charge in [-0.15, -0.1) is 11.3 Å². The molecule has 1 aromatic carbocycles. The fraction of sp³-hybridized carbons (Fsp3) is 0.0909. The number of aromatic nitrogens is 1. The van der Waals surface area contributed by atoms with Gasteiger partial charge in [0.2, 0.25) is 5.91 Å². The Labute approximate surface area is 133 Å². The molecule has 0 fully saturated rings. The first kappa shape index (κ1) is 16.2. The van der Waals surface area contributed by atoms with E-state index in [9.17, 15) is 17.6 Å². The first-order valence-corrected chi connectivity index (χ1v) is 9.14. The van der Waals surface area contributed by atoms with Gasteiger partial charge in [0.25, 0.3) is 10.0 Å². The molecular weight excluding hydrogens is 359 g/mol. The zero-order valence-electron chi connectivity index (χ0n) is 10.2. The Kier molecular flexibility index (Phi) is 5.20. The van der Waals surface area contributed by atoms with Crippen LogP contribution in [0.3, 0.4) is 0 Å². The number of thiazole rings is 1. The number of nitrogens with zero attached hydrogens (tertiary/aromatic N) is 1. The smallest absolute Gasteiger partial charge is 0.267 e. The third kappa shape index (κ3) is 4.40. The summed E-state index contributed by atoms with van der Waals surface area (Å²) in [4.78, 5) is 14.9. The molecular formula is C11H8ClFN2O3S3. The molecule has 0 aliphatic carbocycles. The largest absolute Gasteiger partial charge is 0.273 e. The summed E-state index contributed by atoms with van der Waals surface area (Å²) in [5.41, 5.74) is 0. The van der Waals surface area contributed by atoms with Crippen molar-refractivity contribution < 1.29 is 17.6 Å². The highest BCUT2D eigenvalue weighted by Gasteiger charge is 2.22. The van der Waals surface area contributed by atoms with Crippen LogP contribution in [0.5, 0.6) is 0 Å². The van der Waals surface area contributed by atoms with Crippen molar-refractivity contribution in [2.75, 3.05) is 5.75 Å². The van der Waals surface area contributed by atoms with Gasteiger partial charge in [0.05, 0.1) is 5.75 Å². The predicted molar refractivity (Wildman–Crippen MR) is 79.6 cm³/mol. The normalized spacial score (nSPS) is 11.3. The summed E-state index contributed by atoms with van der Waals surface area (Å²) in [5, 5.41) is 1.79. The molecule has 0 saturated heterocycles. The third-order valence-electron chi connectivity index (χ3n) is 2.17. The van der Waals surface area contributed by atoms with Crippen molar-refractivity contribution in [3.8, 4) is 0 Å². The molecule has 0 unspecified atom stereocenters. The number of benzene rings is 1. The van der Waals surface area contributed by atoms with E-state index in [1.54, 1.807) is 16.3 Å². The van der Waals surface area contributed by atoms with Crippen LogP contribution in [-0.2, 0) is 14.8 Å². The van der Waals surface area contributed by atoms with Crippen LogP contribution in [0.1, 0.15) is 0 Å². The van der Waals surface area contributed by atoms with Gasteiger partial charge in [-0.05, 0) is 18.2 Å². The molecule has 0 bridgehead atoms. The standard InChI is InChI=1S/C11H8ClFN2O3S3/c12-7-1-2-8(13)9(5-7)21(17,18)15-10(16)6-20-11-14-3-4-19-11/h1-5H,6H2,(H,15,16). The highest BCUT2D eigenvalue weighted by molar-refractivity contribution is 8.01. The Morgan fingerprint density at radius 2 is 2.24 bits per heavy atom. The molecule has 5 nitrogen and oxygen atoms in total. The number of carbonyl (C=O) groups is 1. The fourth-order valence-corrected chi connectivity index (χ4v) is 4.18. The van der Waals surface area contributed by atoms with Crippen molar-refractivity contribution >= 4 is 50.6 Å². The number of halogens is 2. The molecule has 0 aliphatic rings. The molecule has 21 heavy (non-hydrogen) atoms. The molecule has 0 atom stereocenters. The third-order valence-corrected chi connectivity index (χ3v) is 5.76. The second-order valence-corrected chi connectivity index (χ2v) is 7.89. The summed E-state index contributed by atoms with van der Waals surface area (Å²) in [6.45, 7) is 0. The van der Waals surface area contributed by atoms with Gasteiger partial charge in [-0.1, -0.05) is 23.4 Å². The maximum absolute atomic E-state index is 13.5. The van der Waals surface area contributed by atoms with E-state index in [0.717, 1.165) is 23.9 Å². The highest BCUT2D eigenvalue weighted by atomic mass is 35.5. The van der Waals surface area contributed by atoms with Crippen molar-refractivity contribution in [1.82, 2.24) is 9.71 Å². The van der Waals surface area contributed by atoms with E-state index in [-0.39, 0.29) is 10.8 Å². The van der Waals surface area contributed by atoms with Gasteiger partial charge in [0.15, 0.2) is 0 Å². The molecule has 1 aromatic heterocycles. The van der Waals surface area contributed by atoms with E-state index in [0.29, 0.717) is 4.34 Å². The Hall–Kier alpha value is -1.16. The predicted octanol–water partition coefficient (Wildman–Crippen LogP) is 2.53. The Balaban J connectivity index is 2.06. The topological polar surface area (TPSA) is 76.1 Å². The molecule has 10 heteroatoms. The van der Waals surface area contributed by atoms with E-state index in [1.807, 2.05) is 0 Å². The van der Waals surface area contributed by atoms with E-state index < -0.39 is 26.6 Å². The number of thioether (sulfide) groups is 1. The summed E-state index contributed by atoms with van der Waals surface area (Å²) in [6, 6.07) is 3.09. The quantitative estimate of drug-likeness (QED) is 0.823. The van der Waals surface area contributed by atoms with E-state index in [4.69, 9.17) is 11.6 Å². The summed E-state index contributed by atoms with van der Waals surface area (Å²) in [5.74, 6) is -1.89. The van der Waals surface area contributed by atoms with Crippen LogP contribution >= 0.6 is 34.7 Å². The summed E-state index contributed by atoms with van der Waals surface area (Å²) >= 11 is 8.05. The Morgan fingerprint density at radius 3 is 2.90 bits per heavy atom. The van der Waals surface area contributed by atoms with Crippen molar-refractivity contribution in [3.63, 3.8) is 0 Å². The molecule has 2 rings (SSSR count). The number of amides is 1. The molecule has 1 amide bonds. The lowest BCUT2D eigenvalue weighted by Gasteiger charge is -2.07. The lowest BCUT2D eigenvalue weighted by Crippen LogP contribution is -2.32. The van der Waals surface area contributed by atoms with Gasteiger partial charge in [-0.2, -0.15) is 0 Å². The van der Waals surface area contributed by atoms with Crippen LogP contribution in [0, 0.1) is 5.82 Å². The number of carbonyl (C=O) groups excluding carboxylic acids is 1. The summed E-state index contributed by atoms with van der Waals surface area (Å²) in [7, 11) is -4.29. The van der Waals surface area contributed by atoms with Crippen LogP contribution < -0.4 is 4.72 Å². The molecule has 0 aliphatic heterocycles. The van der Waals surface area contributed by atoms with E-state index in [2.05, 4.69) is 4.98 Å². The maximum Gasteiger partial charge on any atom is 0.267 e. The Morgan fingerprint density at radius 1 is 1.48 bits per heavy atom. The lowest BCUT2D eigenvalue weighted by molar-refractivity contribution is -0.116. The van der Waals surface area contributed by atoms with Crippen LogP contribution in [-0.4, -0.2) is 25.1 Å². The van der Waals surface area contributed by atoms with Gasteiger partial charge >= 0.3 is 0 Å². The average molecular weight is 367 g/mol. The Bertz CT molecular complexity index is 750. The number of sulfonamides is 1. The molecule has 112 valence electrons. The minimum atomic E-state index is -4.29. The number of rotatable bonds is 5. The van der Waals surface area contributed by atoms with Gasteiger partial charge < -0.3 is 0 Å². The zero-order chi connectivity index (χ0) is 15.5. The monoisotopic (exact) mass is 366 g/mol. The minimum Gasteiger partial charge on any atom is -0.273 e. The van der Waals surface area contributed by atoms with Gasteiger partial charge in [0, 0.05) is 16.6 Å². The summed E-state index contributed by atoms with van der Waals surface area (Å²) in [6.07, 6.45) is 1.57. The molecule has 0 spiro atoms. The molecule has 1 N–H and O–H groups in total. The highest BCUT2D eigenvalue weighted by Crippen LogP contribution is 2.21. The number of hydrogen-bond donors (Lipinski definition) is 1. The molecule has 1 heterocycles. The molecule has 0 radical (unpaired) electrons. The average Bonchev–Trinajstić information content (AvgIpc) is 2.92. The van der Waals surface area contributed by atoms with Gasteiger partial charge in [0.1, 0.15) is 15.1 Å². The number of nitrogens with one attached hydrogen (secondary N) is 1. The SMILES string of the molecule is O=C(CSc1nccs1)NS(=O)(=O)c1cc(Cl)ccc1F.